The van der Waals surface area contributed by atoms with E-state index in [1.807, 2.05) is 0 Å². The van der Waals surface area contributed by atoms with Gasteiger partial charge in [0.25, 0.3) is 0 Å². The van der Waals surface area contributed by atoms with Crippen molar-refractivity contribution in [2.75, 3.05) is 11.4 Å². The SMILES string of the molecule is Cc1nnc2sc(CNS(=O)(=O)c3ccc(N4CCCC4=O)cc3)nn12. The van der Waals surface area contributed by atoms with Crippen LogP contribution >= 0.6 is 11.3 Å². The predicted octanol–water partition coefficient (Wildman–Crippen LogP) is 1.10. The number of carbonyl (C=O) groups excluding carboxylic acids is 1. The number of benzene rings is 1. The molecule has 0 aliphatic carbocycles. The summed E-state index contributed by atoms with van der Waals surface area (Å²) in [6.45, 7) is 2.52. The number of aromatic nitrogens is 4. The van der Waals surface area contributed by atoms with Crippen LogP contribution in [-0.4, -0.2) is 40.7 Å². The molecule has 1 saturated heterocycles. The number of aryl methyl sites for hydroxylation is 1. The highest BCUT2D eigenvalue weighted by Crippen LogP contribution is 2.23. The lowest BCUT2D eigenvalue weighted by atomic mass is 10.3. The van der Waals surface area contributed by atoms with Crippen LogP contribution in [0.3, 0.4) is 0 Å². The first-order valence-corrected chi connectivity index (χ1v) is 10.3. The van der Waals surface area contributed by atoms with Gasteiger partial charge < -0.3 is 4.90 Å². The second-order valence-electron chi connectivity index (χ2n) is 5.90. The average molecular weight is 392 g/mol. The Kier molecular flexibility index (Phi) is 4.21. The minimum atomic E-state index is -3.67. The number of nitrogens with zero attached hydrogens (tertiary/aromatic N) is 5. The number of sulfonamides is 1. The number of hydrogen-bond donors (Lipinski definition) is 1. The Bertz CT molecular complexity index is 1070. The molecule has 0 unspecified atom stereocenters. The minimum absolute atomic E-state index is 0.0669. The monoisotopic (exact) mass is 392 g/mol. The van der Waals surface area contributed by atoms with Gasteiger partial charge in [0, 0.05) is 18.7 Å². The normalized spacial score (nSPS) is 15.3. The van der Waals surface area contributed by atoms with Crippen LogP contribution in [0.2, 0.25) is 0 Å². The molecule has 9 nitrogen and oxygen atoms in total. The molecular formula is C15H16N6O3S2. The van der Waals surface area contributed by atoms with E-state index in [4.69, 9.17) is 0 Å². The number of rotatable bonds is 5. The molecule has 4 rings (SSSR count). The van der Waals surface area contributed by atoms with Crippen LogP contribution in [0.25, 0.3) is 4.96 Å². The van der Waals surface area contributed by atoms with Crippen molar-refractivity contribution in [2.24, 2.45) is 0 Å². The summed E-state index contributed by atoms with van der Waals surface area (Å²) in [5, 5.41) is 12.7. The molecule has 11 heteroatoms. The molecule has 1 aliphatic heterocycles. The maximum atomic E-state index is 12.5. The van der Waals surface area contributed by atoms with Crippen LogP contribution in [0.1, 0.15) is 23.7 Å². The van der Waals surface area contributed by atoms with Gasteiger partial charge >= 0.3 is 0 Å². The molecule has 1 amide bonds. The number of anilines is 1. The summed E-state index contributed by atoms with van der Waals surface area (Å²) in [6, 6.07) is 6.33. The number of hydrogen-bond acceptors (Lipinski definition) is 7. The van der Waals surface area contributed by atoms with Gasteiger partial charge in [-0.2, -0.15) is 9.61 Å². The van der Waals surface area contributed by atoms with E-state index in [-0.39, 0.29) is 17.3 Å². The molecule has 1 N–H and O–H groups in total. The van der Waals surface area contributed by atoms with Gasteiger partial charge in [0.05, 0.1) is 11.4 Å². The molecule has 26 heavy (non-hydrogen) atoms. The van der Waals surface area contributed by atoms with Crippen LogP contribution in [0, 0.1) is 6.92 Å². The molecular weight excluding hydrogens is 376 g/mol. The largest absolute Gasteiger partial charge is 0.312 e. The number of carbonyl (C=O) groups is 1. The Morgan fingerprint density at radius 1 is 1.23 bits per heavy atom. The Hall–Kier alpha value is -2.37. The highest BCUT2D eigenvalue weighted by Gasteiger charge is 2.22. The standard InChI is InChI=1S/C15H16N6O3S2/c1-10-17-18-15-21(10)19-13(25-15)9-16-26(23,24)12-6-4-11(5-7-12)20-8-2-3-14(20)22/h4-7,16H,2-3,8-9H2,1H3. The van der Waals surface area contributed by atoms with Gasteiger partial charge in [-0.15, -0.1) is 10.2 Å². The van der Waals surface area contributed by atoms with Crippen molar-refractivity contribution >= 4 is 37.9 Å². The maximum absolute atomic E-state index is 12.5. The Balaban J connectivity index is 1.48. The first kappa shape index (κ1) is 17.1. The molecule has 1 fully saturated rings. The lowest BCUT2D eigenvalue weighted by Gasteiger charge is -2.16. The smallest absolute Gasteiger partial charge is 0.240 e. The molecule has 0 atom stereocenters. The predicted molar refractivity (Wildman–Crippen MR) is 95.5 cm³/mol. The van der Waals surface area contributed by atoms with Crippen LogP contribution in [0.5, 0.6) is 0 Å². The van der Waals surface area contributed by atoms with Crippen molar-refractivity contribution < 1.29 is 13.2 Å². The van der Waals surface area contributed by atoms with Crippen molar-refractivity contribution in [3.05, 3.63) is 35.1 Å². The number of fused-ring (bicyclic) bond motifs is 1. The lowest BCUT2D eigenvalue weighted by molar-refractivity contribution is -0.117. The molecule has 0 saturated carbocycles. The third kappa shape index (κ3) is 3.08. The molecule has 1 aliphatic rings. The molecule has 0 spiro atoms. The lowest BCUT2D eigenvalue weighted by Crippen LogP contribution is -2.25. The quantitative estimate of drug-likeness (QED) is 0.696. The van der Waals surface area contributed by atoms with Gasteiger partial charge in [0.1, 0.15) is 5.01 Å². The van der Waals surface area contributed by atoms with E-state index in [0.717, 1.165) is 12.1 Å². The number of nitrogens with one attached hydrogen (secondary N) is 1. The van der Waals surface area contributed by atoms with Crippen molar-refractivity contribution in [3.8, 4) is 0 Å². The Morgan fingerprint density at radius 2 is 2.00 bits per heavy atom. The third-order valence-corrected chi connectivity index (χ3v) is 6.45. The van der Waals surface area contributed by atoms with Crippen LogP contribution in [0.4, 0.5) is 5.69 Å². The van der Waals surface area contributed by atoms with Crippen molar-refractivity contribution in [2.45, 2.75) is 31.2 Å². The fourth-order valence-electron chi connectivity index (χ4n) is 2.79. The summed E-state index contributed by atoms with van der Waals surface area (Å²) in [4.78, 5) is 14.2. The molecule has 0 bridgehead atoms. The summed E-state index contributed by atoms with van der Waals surface area (Å²) in [6.07, 6.45) is 1.36. The molecule has 2 aromatic heterocycles. The van der Waals surface area contributed by atoms with E-state index in [9.17, 15) is 13.2 Å². The zero-order valence-corrected chi connectivity index (χ0v) is 15.5. The molecule has 0 radical (unpaired) electrons. The first-order chi connectivity index (χ1) is 12.4. The second kappa shape index (κ2) is 6.41. The molecule has 3 aromatic rings. The van der Waals surface area contributed by atoms with Crippen LogP contribution in [0.15, 0.2) is 29.2 Å². The van der Waals surface area contributed by atoms with Crippen LogP contribution < -0.4 is 9.62 Å². The van der Waals surface area contributed by atoms with E-state index in [1.54, 1.807) is 28.5 Å². The second-order valence-corrected chi connectivity index (χ2v) is 8.71. The van der Waals surface area contributed by atoms with Gasteiger partial charge in [0.2, 0.25) is 20.9 Å². The van der Waals surface area contributed by atoms with Gasteiger partial charge in [-0.25, -0.2) is 13.1 Å². The zero-order valence-electron chi connectivity index (χ0n) is 13.9. The van der Waals surface area contributed by atoms with Crippen molar-refractivity contribution in [1.82, 2.24) is 24.5 Å². The van der Waals surface area contributed by atoms with Crippen LogP contribution in [-0.2, 0) is 21.4 Å². The average Bonchev–Trinajstić information content (AvgIpc) is 3.31. The fraction of sp³-hybridized carbons (Fsp3) is 0.333. The summed E-state index contributed by atoms with van der Waals surface area (Å²) in [7, 11) is -3.67. The van der Waals surface area contributed by atoms with Crippen molar-refractivity contribution in [3.63, 3.8) is 0 Å². The molecule has 1 aromatic carbocycles. The van der Waals surface area contributed by atoms with E-state index in [0.29, 0.717) is 28.8 Å². The van der Waals surface area contributed by atoms with Gasteiger partial charge in [-0.3, -0.25) is 4.79 Å². The minimum Gasteiger partial charge on any atom is -0.312 e. The summed E-state index contributed by atoms with van der Waals surface area (Å²) < 4.78 is 29.1. The van der Waals surface area contributed by atoms with E-state index < -0.39 is 10.0 Å². The van der Waals surface area contributed by atoms with E-state index >= 15 is 0 Å². The van der Waals surface area contributed by atoms with Gasteiger partial charge in [0.15, 0.2) is 5.82 Å². The maximum Gasteiger partial charge on any atom is 0.240 e. The third-order valence-electron chi connectivity index (χ3n) is 4.13. The summed E-state index contributed by atoms with van der Waals surface area (Å²) in [5.41, 5.74) is 0.718. The Labute approximate surface area is 153 Å². The van der Waals surface area contributed by atoms with Gasteiger partial charge in [-0.1, -0.05) is 11.3 Å². The van der Waals surface area contributed by atoms with Gasteiger partial charge in [-0.05, 0) is 37.6 Å². The zero-order chi connectivity index (χ0) is 18.3. The topological polar surface area (TPSA) is 110 Å². The highest BCUT2D eigenvalue weighted by molar-refractivity contribution is 7.89. The molecule has 136 valence electrons. The first-order valence-electron chi connectivity index (χ1n) is 8.02. The van der Waals surface area contributed by atoms with E-state index in [2.05, 4.69) is 20.0 Å². The summed E-state index contributed by atoms with van der Waals surface area (Å²) >= 11 is 1.28. The Morgan fingerprint density at radius 3 is 2.65 bits per heavy atom. The number of amides is 1. The molecule has 3 heterocycles. The van der Waals surface area contributed by atoms with E-state index in [1.165, 1.54) is 23.5 Å². The summed E-state index contributed by atoms with van der Waals surface area (Å²) in [5.74, 6) is 0.717. The highest BCUT2D eigenvalue weighted by atomic mass is 32.2. The fourth-order valence-corrected chi connectivity index (χ4v) is 4.69. The van der Waals surface area contributed by atoms with Crippen molar-refractivity contribution in [1.29, 1.82) is 0 Å².